The van der Waals surface area contributed by atoms with E-state index in [4.69, 9.17) is 35.9 Å². The molecule has 4 N–H and O–H groups in total. The van der Waals surface area contributed by atoms with Crippen LogP contribution in [0.15, 0.2) is 0 Å². The van der Waals surface area contributed by atoms with Gasteiger partial charge >= 0.3 is 0 Å². The van der Waals surface area contributed by atoms with Gasteiger partial charge < -0.3 is 21.3 Å². The summed E-state index contributed by atoms with van der Waals surface area (Å²) < 4.78 is 0. The molecule has 0 spiro atoms. The molecule has 0 amide bonds. The predicted octanol–water partition coefficient (Wildman–Crippen LogP) is 1.43. The summed E-state index contributed by atoms with van der Waals surface area (Å²) in [4.78, 5) is 4.14. The van der Waals surface area contributed by atoms with Gasteiger partial charge in [0, 0.05) is 26.2 Å². The lowest BCUT2D eigenvalue weighted by molar-refractivity contribution is 0.344. The average Bonchev–Trinajstić information content (AvgIpc) is 2.41. The SMILES string of the molecule is NC(=S)N1CCCCC1.NC(=S)N1CCCCC1. The molecule has 6 heteroatoms. The normalized spacial score (nSPS) is 19.8. The highest BCUT2D eigenvalue weighted by molar-refractivity contribution is 7.80. The highest BCUT2D eigenvalue weighted by atomic mass is 32.1. The molecule has 18 heavy (non-hydrogen) atoms. The van der Waals surface area contributed by atoms with Crippen LogP contribution in [-0.4, -0.2) is 46.2 Å². The lowest BCUT2D eigenvalue weighted by Gasteiger charge is -2.26. The van der Waals surface area contributed by atoms with Gasteiger partial charge in [-0.1, -0.05) is 0 Å². The average molecular weight is 288 g/mol. The minimum absolute atomic E-state index is 0.565. The van der Waals surface area contributed by atoms with Gasteiger partial charge in [-0.25, -0.2) is 0 Å². The third-order valence-electron chi connectivity index (χ3n) is 3.34. The first-order valence-electron chi connectivity index (χ1n) is 6.70. The Hall–Kier alpha value is -0.620. The molecule has 0 bridgehead atoms. The minimum Gasteiger partial charge on any atom is -0.376 e. The summed E-state index contributed by atoms with van der Waals surface area (Å²) >= 11 is 9.64. The molecule has 0 aromatic carbocycles. The molecule has 0 saturated carbocycles. The molecule has 0 unspecified atom stereocenters. The fraction of sp³-hybridized carbons (Fsp3) is 0.833. The van der Waals surface area contributed by atoms with E-state index in [1.807, 2.05) is 0 Å². The summed E-state index contributed by atoms with van der Waals surface area (Å²) in [6.45, 7) is 4.26. The molecular formula is C12H24N4S2. The van der Waals surface area contributed by atoms with Crippen molar-refractivity contribution < 1.29 is 0 Å². The van der Waals surface area contributed by atoms with E-state index in [9.17, 15) is 0 Å². The molecule has 2 aliphatic rings. The van der Waals surface area contributed by atoms with E-state index < -0.39 is 0 Å². The molecule has 2 rings (SSSR count). The van der Waals surface area contributed by atoms with E-state index in [0.717, 1.165) is 26.2 Å². The topological polar surface area (TPSA) is 58.5 Å². The van der Waals surface area contributed by atoms with Crippen molar-refractivity contribution in [3.8, 4) is 0 Å². The second-order valence-corrected chi connectivity index (χ2v) is 5.61. The minimum atomic E-state index is 0.565. The fourth-order valence-electron chi connectivity index (χ4n) is 2.23. The van der Waals surface area contributed by atoms with E-state index in [-0.39, 0.29) is 0 Å². The van der Waals surface area contributed by atoms with E-state index in [0.29, 0.717) is 10.2 Å². The molecule has 0 aromatic rings. The van der Waals surface area contributed by atoms with E-state index in [1.165, 1.54) is 38.5 Å². The van der Waals surface area contributed by atoms with E-state index in [1.54, 1.807) is 0 Å². The Bertz CT molecular complexity index is 243. The number of rotatable bonds is 0. The van der Waals surface area contributed by atoms with Crippen LogP contribution in [0, 0.1) is 0 Å². The van der Waals surface area contributed by atoms with Crippen LogP contribution in [0.4, 0.5) is 0 Å². The molecule has 104 valence electrons. The van der Waals surface area contributed by atoms with Gasteiger partial charge in [-0.15, -0.1) is 0 Å². The molecular weight excluding hydrogens is 264 g/mol. The highest BCUT2D eigenvalue weighted by Gasteiger charge is 2.10. The van der Waals surface area contributed by atoms with Gasteiger partial charge in [0.15, 0.2) is 10.2 Å². The number of nitrogens with zero attached hydrogens (tertiary/aromatic N) is 2. The quantitative estimate of drug-likeness (QED) is 0.658. The maximum atomic E-state index is 5.42. The Morgan fingerprint density at radius 1 is 0.611 bits per heavy atom. The van der Waals surface area contributed by atoms with Gasteiger partial charge in [-0.05, 0) is 63.0 Å². The number of likely N-dealkylation sites (tertiary alicyclic amines) is 2. The molecule has 2 fully saturated rings. The van der Waals surface area contributed by atoms with Gasteiger partial charge in [0.1, 0.15) is 0 Å². The molecule has 0 aromatic heterocycles. The van der Waals surface area contributed by atoms with Crippen LogP contribution >= 0.6 is 24.4 Å². The highest BCUT2D eigenvalue weighted by Crippen LogP contribution is 2.07. The van der Waals surface area contributed by atoms with Crippen LogP contribution < -0.4 is 11.5 Å². The van der Waals surface area contributed by atoms with Crippen molar-refractivity contribution in [2.24, 2.45) is 11.5 Å². The zero-order valence-corrected chi connectivity index (χ0v) is 12.6. The molecule has 0 radical (unpaired) electrons. The summed E-state index contributed by atoms with van der Waals surface area (Å²) in [5, 5.41) is 1.13. The van der Waals surface area contributed by atoms with Crippen LogP contribution in [-0.2, 0) is 0 Å². The summed E-state index contributed by atoms with van der Waals surface area (Å²) in [5.41, 5.74) is 10.8. The Kier molecular flexibility index (Phi) is 7.27. The van der Waals surface area contributed by atoms with Crippen molar-refractivity contribution in [1.82, 2.24) is 9.80 Å². The van der Waals surface area contributed by atoms with Crippen LogP contribution in [0.2, 0.25) is 0 Å². The molecule has 2 saturated heterocycles. The maximum Gasteiger partial charge on any atom is 0.166 e. The monoisotopic (exact) mass is 288 g/mol. The van der Waals surface area contributed by atoms with Gasteiger partial charge in [-0.3, -0.25) is 0 Å². The number of thiocarbonyl (C=S) groups is 2. The van der Waals surface area contributed by atoms with Gasteiger partial charge in [0.25, 0.3) is 0 Å². The Balaban J connectivity index is 0.000000180. The molecule has 0 aliphatic carbocycles. The van der Waals surface area contributed by atoms with Crippen molar-refractivity contribution in [3.05, 3.63) is 0 Å². The van der Waals surface area contributed by atoms with Crippen LogP contribution in [0.3, 0.4) is 0 Å². The lowest BCUT2D eigenvalue weighted by atomic mass is 10.1. The Morgan fingerprint density at radius 2 is 0.889 bits per heavy atom. The third kappa shape index (κ3) is 5.82. The lowest BCUT2D eigenvalue weighted by Crippen LogP contribution is -2.39. The van der Waals surface area contributed by atoms with Crippen molar-refractivity contribution in [2.45, 2.75) is 38.5 Å². The van der Waals surface area contributed by atoms with Gasteiger partial charge in [-0.2, -0.15) is 0 Å². The van der Waals surface area contributed by atoms with E-state index in [2.05, 4.69) is 9.80 Å². The first-order valence-corrected chi connectivity index (χ1v) is 7.51. The van der Waals surface area contributed by atoms with Gasteiger partial charge in [0.2, 0.25) is 0 Å². The third-order valence-corrected chi connectivity index (χ3v) is 3.85. The first-order chi connectivity index (χ1) is 8.61. The summed E-state index contributed by atoms with van der Waals surface area (Å²) in [7, 11) is 0. The smallest absolute Gasteiger partial charge is 0.166 e. The number of nitrogens with two attached hydrogens (primary N) is 2. The Morgan fingerprint density at radius 3 is 1.06 bits per heavy atom. The van der Waals surface area contributed by atoms with Crippen molar-refractivity contribution in [2.75, 3.05) is 26.2 Å². The summed E-state index contributed by atoms with van der Waals surface area (Å²) in [6, 6.07) is 0. The van der Waals surface area contributed by atoms with Crippen molar-refractivity contribution in [1.29, 1.82) is 0 Å². The van der Waals surface area contributed by atoms with E-state index >= 15 is 0 Å². The second-order valence-electron chi connectivity index (χ2n) is 4.77. The number of piperidine rings is 2. The van der Waals surface area contributed by atoms with Crippen LogP contribution in [0.1, 0.15) is 38.5 Å². The number of hydrogen-bond acceptors (Lipinski definition) is 2. The van der Waals surface area contributed by atoms with Crippen molar-refractivity contribution >= 4 is 34.7 Å². The summed E-state index contributed by atoms with van der Waals surface area (Å²) in [5.74, 6) is 0. The van der Waals surface area contributed by atoms with Crippen molar-refractivity contribution in [3.63, 3.8) is 0 Å². The molecule has 2 aliphatic heterocycles. The largest absolute Gasteiger partial charge is 0.376 e. The van der Waals surface area contributed by atoms with Crippen LogP contribution in [0.25, 0.3) is 0 Å². The zero-order chi connectivity index (χ0) is 13.4. The maximum absolute atomic E-state index is 5.42. The Labute approximate surface area is 121 Å². The molecule has 4 nitrogen and oxygen atoms in total. The molecule has 2 heterocycles. The second kappa shape index (κ2) is 8.48. The number of hydrogen-bond donors (Lipinski definition) is 2. The molecule has 0 atom stereocenters. The first kappa shape index (κ1) is 15.4. The summed E-state index contributed by atoms with van der Waals surface area (Å²) in [6.07, 6.45) is 7.65. The fourth-order valence-corrected chi connectivity index (χ4v) is 2.59. The predicted molar refractivity (Wildman–Crippen MR) is 84.4 cm³/mol. The standard InChI is InChI=1S/2C6H12N2S/c2*7-6(9)8-4-2-1-3-5-8/h2*1-5H2,(H2,7,9). The van der Waals surface area contributed by atoms with Crippen LogP contribution in [0.5, 0.6) is 0 Å². The zero-order valence-electron chi connectivity index (χ0n) is 10.9. The van der Waals surface area contributed by atoms with Gasteiger partial charge in [0.05, 0.1) is 0 Å².